The van der Waals surface area contributed by atoms with Gasteiger partial charge in [0.2, 0.25) is 0 Å². The minimum absolute atomic E-state index is 0.193. The third kappa shape index (κ3) is 7.43. The van der Waals surface area contributed by atoms with Crippen molar-refractivity contribution in [2.24, 2.45) is 21.9 Å². The largest absolute Gasteiger partial charge is 0.490 e. The van der Waals surface area contributed by atoms with Gasteiger partial charge in [0.1, 0.15) is 24.7 Å². The predicted octanol–water partition coefficient (Wildman–Crippen LogP) is 4.21. The smallest absolute Gasteiger partial charge is 0.197 e. The lowest BCUT2D eigenvalue weighted by molar-refractivity contribution is 0.0754. The maximum atomic E-state index is 13.2. The molecule has 4 N–H and O–H groups in total. The molecule has 0 bridgehead atoms. The maximum Gasteiger partial charge on any atom is 0.197 e. The van der Waals surface area contributed by atoms with E-state index in [2.05, 4.69) is 10.2 Å². The normalized spacial score (nSPS) is 11.1. The molecule has 0 amide bonds. The summed E-state index contributed by atoms with van der Waals surface area (Å²) in [5.41, 5.74) is 2.89. The van der Waals surface area contributed by atoms with Gasteiger partial charge in [-0.25, -0.2) is 0 Å². The molecule has 0 spiro atoms. The lowest BCUT2D eigenvalue weighted by atomic mass is 9.98. The number of carbonyl (C=O) groups is 2. The molecule has 0 atom stereocenters. The van der Waals surface area contributed by atoms with Crippen LogP contribution in [0.4, 0.5) is 0 Å². The van der Waals surface area contributed by atoms with E-state index in [-0.39, 0.29) is 38.0 Å². The molecule has 0 saturated heterocycles. The Kier molecular flexibility index (Phi) is 10.3. The van der Waals surface area contributed by atoms with Crippen molar-refractivity contribution in [3.05, 3.63) is 130 Å². The summed E-state index contributed by atoms with van der Waals surface area (Å²) in [5, 5.41) is 7.17. The van der Waals surface area contributed by atoms with Gasteiger partial charge in [0.05, 0.1) is 36.8 Å². The molecule has 0 radical (unpaired) electrons. The first-order chi connectivity index (χ1) is 20.1. The topological polar surface area (TPSA) is 139 Å². The summed E-state index contributed by atoms with van der Waals surface area (Å²) in [6.45, 7) is 0.872. The Morgan fingerprint density at radius 3 is 1.37 bits per heavy atom. The summed E-state index contributed by atoms with van der Waals surface area (Å²) in [6.07, 6.45) is 2.84. The summed E-state index contributed by atoms with van der Waals surface area (Å²) in [5.74, 6) is 11.1. The molecule has 0 aliphatic heterocycles. The summed E-state index contributed by atoms with van der Waals surface area (Å²) in [7, 11) is 0. The van der Waals surface area contributed by atoms with Crippen LogP contribution < -0.4 is 21.2 Å². The number of ketones is 2. The molecule has 9 nitrogen and oxygen atoms in total. The summed E-state index contributed by atoms with van der Waals surface area (Å²) in [6, 6.07) is 28.3. The molecule has 4 aromatic rings. The SMILES string of the molecule is NN=Cc1cccc(OCCOCCOc2cccc(C=NN)c2C(=O)c2ccccc2)c1C(=O)c1ccccc1. The molecule has 0 unspecified atom stereocenters. The fourth-order valence-electron chi connectivity index (χ4n) is 4.19. The number of hydrazone groups is 2. The highest BCUT2D eigenvalue weighted by molar-refractivity contribution is 6.15. The summed E-state index contributed by atoms with van der Waals surface area (Å²) < 4.78 is 17.5. The fourth-order valence-corrected chi connectivity index (χ4v) is 4.19. The van der Waals surface area contributed by atoms with E-state index in [4.69, 9.17) is 25.9 Å². The lowest BCUT2D eigenvalue weighted by Gasteiger charge is -2.15. The lowest BCUT2D eigenvalue weighted by Crippen LogP contribution is -2.15. The number of nitrogens with zero attached hydrogens (tertiary/aromatic N) is 2. The Hall–Kier alpha value is -5.28. The van der Waals surface area contributed by atoms with Gasteiger partial charge < -0.3 is 25.9 Å². The number of hydrogen-bond donors (Lipinski definition) is 2. The van der Waals surface area contributed by atoms with Gasteiger partial charge in [0.15, 0.2) is 11.6 Å². The molecule has 0 aliphatic rings. The Balaban J connectivity index is 1.35. The Labute approximate surface area is 238 Å². The van der Waals surface area contributed by atoms with Crippen LogP contribution >= 0.6 is 0 Å². The molecule has 0 saturated carbocycles. The minimum atomic E-state index is -0.201. The van der Waals surface area contributed by atoms with E-state index in [1.54, 1.807) is 84.9 Å². The van der Waals surface area contributed by atoms with E-state index < -0.39 is 0 Å². The first-order valence-corrected chi connectivity index (χ1v) is 12.9. The number of hydrogen-bond acceptors (Lipinski definition) is 9. The molecule has 0 fully saturated rings. The molecule has 4 aromatic carbocycles. The standard InChI is InChI=1S/C32H30N4O5/c33-35-21-25-13-7-15-27(29(25)31(37)23-9-3-1-4-10-23)40-19-17-39-18-20-41-28-16-8-14-26(22-36-34)30(28)32(38)24-11-5-2-6-12-24/h1-16,21-22H,17-20,33-34H2. The van der Waals surface area contributed by atoms with Crippen molar-refractivity contribution in [1.82, 2.24) is 0 Å². The third-order valence-corrected chi connectivity index (χ3v) is 6.04. The van der Waals surface area contributed by atoms with Crippen LogP contribution in [0.3, 0.4) is 0 Å². The van der Waals surface area contributed by atoms with E-state index >= 15 is 0 Å². The van der Waals surface area contributed by atoms with E-state index in [0.717, 1.165) is 0 Å². The van der Waals surface area contributed by atoms with Gasteiger partial charge in [0, 0.05) is 22.3 Å². The highest BCUT2D eigenvalue weighted by Crippen LogP contribution is 2.26. The molecule has 4 rings (SSSR count). The average molecular weight is 551 g/mol. The zero-order valence-corrected chi connectivity index (χ0v) is 22.3. The van der Waals surface area contributed by atoms with E-state index in [1.807, 2.05) is 12.1 Å². The Bertz CT molecular complexity index is 1410. The third-order valence-electron chi connectivity index (χ3n) is 6.04. The minimum Gasteiger partial charge on any atom is -0.490 e. The van der Waals surface area contributed by atoms with Crippen molar-refractivity contribution in [1.29, 1.82) is 0 Å². The molecular formula is C32H30N4O5. The zero-order valence-electron chi connectivity index (χ0n) is 22.3. The number of ether oxygens (including phenoxy) is 3. The Morgan fingerprint density at radius 2 is 0.976 bits per heavy atom. The number of benzene rings is 4. The van der Waals surface area contributed by atoms with E-state index in [0.29, 0.717) is 44.9 Å². The molecule has 0 heterocycles. The van der Waals surface area contributed by atoms with Crippen molar-refractivity contribution in [2.75, 3.05) is 26.4 Å². The second kappa shape index (κ2) is 14.8. The van der Waals surface area contributed by atoms with E-state index in [1.165, 1.54) is 12.4 Å². The van der Waals surface area contributed by atoms with Crippen LogP contribution in [0.1, 0.15) is 43.0 Å². The number of carbonyl (C=O) groups excluding carboxylic acids is 2. The predicted molar refractivity (Wildman–Crippen MR) is 158 cm³/mol. The molecule has 0 aliphatic carbocycles. The second-order valence-electron chi connectivity index (χ2n) is 8.70. The van der Waals surface area contributed by atoms with Crippen molar-refractivity contribution in [2.45, 2.75) is 0 Å². The van der Waals surface area contributed by atoms with Crippen molar-refractivity contribution in [3.8, 4) is 11.5 Å². The highest BCUT2D eigenvalue weighted by Gasteiger charge is 2.20. The van der Waals surface area contributed by atoms with E-state index in [9.17, 15) is 9.59 Å². The van der Waals surface area contributed by atoms with Crippen LogP contribution in [-0.2, 0) is 4.74 Å². The first-order valence-electron chi connectivity index (χ1n) is 12.9. The van der Waals surface area contributed by atoms with Crippen LogP contribution in [-0.4, -0.2) is 50.4 Å². The van der Waals surface area contributed by atoms with Crippen molar-refractivity contribution >= 4 is 24.0 Å². The number of nitrogens with two attached hydrogens (primary N) is 2. The quantitative estimate of drug-likeness (QED) is 0.0788. The molecule has 9 heteroatoms. The van der Waals surface area contributed by atoms with Gasteiger partial charge in [-0.2, -0.15) is 10.2 Å². The summed E-state index contributed by atoms with van der Waals surface area (Å²) in [4.78, 5) is 26.5. The van der Waals surface area contributed by atoms with Gasteiger partial charge in [0.25, 0.3) is 0 Å². The van der Waals surface area contributed by atoms with Crippen LogP contribution in [0.25, 0.3) is 0 Å². The van der Waals surface area contributed by atoms with Gasteiger partial charge in [-0.05, 0) is 12.1 Å². The van der Waals surface area contributed by atoms with Crippen LogP contribution in [0.5, 0.6) is 11.5 Å². The molecular weight excluding hydrogens is 520 g/mol. The van der Waals surface area contributed by atoms with Crippen molar-refractivity contribution < 1.29 is 23.8 Å². The molecule has 41 heavy (non-hydrogen) atoms. The maximum absolute atomic E-state index is 13.2. The summed E-state index contributed by atoms with van der Waals surface area (Å²) >= 11 is 0. The van der Waals surface area contributed by atoms with Crippen LogP contribution in [0.15, 0.2) is 107 Å². The fraction of sp³-hybridized carbons (Fsp3) is 0.125. The van der Waals surface area contributed by atoms with Gasteiger partial charge in [-0.1, -0.05) is 84.9 Å². The molecule has 208 valence electrons. The monoisotopic (exact) mass is 550 g/mol. The van der Waals surface area contributed by atoms with Gasteiger partial charge in [-0.15, -0.1) is 0 Å². The van der Waals surface area contributed by atoms with Gasteiger partial charge >= 0.3 is 0 Å². The van der Waals surface area contributed by atoms with Crippen LogP contribution in [0.2, 0.25) is 0 Å². The first kappa shape index (κ1) is 28.7. The average Bonchev–Trinajstić information content (AvgIpc) is 3.01. The second-order valence-corrected chi connectivity index (χ2v) is 8.70. The highest BCUT2D eigenvalue weighted by atomic mass is 16.5. The van der Waals surface area contributed by atoms with Crippen LogP contribution in [0, 0.1) is 0 Å². The number of rotatable bonds is 14. The van der Waals surface area contributed by atoms with Gasteiger partial charge in [-0.3, -0.25) is 9.59 Å². The molecule has 0 aromatic heterocycles. The zero-order chi connectivity index (χ0) is 28.9. The van der Waals surface area contributed by atoms with Crippen molar-refractivity contribution in [3.63, 3.8) is 0 Å². The Morgan fingerprint density at radius 1 is 0.561 bits per heavy atom.